The maximum absolute atomic E-state index is 11.9. The summed E-state index contributed by atoms with van der Waals surface area (Å²) in [4.78, 5) is 18.7. The minimum Gasteiger partial charge on any atom is -0.375 e. The van der Waals surface area contributed by atoms with Crippen LogP contribution in [0.5, 0.6) is 0 Å². The third kappa shape index (κ3) is 2.40. The van der Waals surface area contributed by atoms with Crippen molar-refractivity contribution in [2.75, 3.05) is 12.8 Å². The molecule has 0 bridgehead atoms. The Balaban J connectivity index is 2.05. The number of hydrogen-bond donors (Lipinski definition) is 1. The van der Waals surface area contributed by atoms with E-state index in [0.717, 1.165) is 4.88 Å². The van der Waals surface area contributed by atoms with Crippen LogP contribution in [-0.4, -0.2) is 22.8 Å². The lowest BCUT2D eigenvalue weighted by Gasteiger charge is -2.14. The predicted octanol–water partition coefficient (Wildman–Crippen LogP) is 2.06. The van der Waals surface area contributed by atoms with Crippen LogP contribution >= 0.6 is 22.7 Å². The summed E-state index contributed by atoms with van der Waals surface area (Å²) >= 11 is 2.91. The van der Waals surface area contributed by atoms with Gasteiger partial charge in [0.15, 0.2) is 5.13 Å². The van der Waals surface area contributed by atoms with Gasteiger partial charge in [-0.2, -0.15) is 0 Å². The van der Waals surface area contributed by atoms with Gasteiger partial charge in [0.1, 0.15) is 5.69 Å². The number of carbonyl (C=O) groups is 1. The van der Waals surface area contributed by atoms with Crippen molar-refractivity contribution >= 4 is 33.7 Å². The molecule has 4 nitrogen and oxygen atoms in total. The Morgan fingerprint density at radius 3 is 2.94 bits per heavy atom. The van der Waals surface area contributed by atoms with Crippen molar-refractivity contribution in [1.29, 1.82) is 0 Å². The summed E-state index contributed by atoms with van der Waals surface area (Å²) in [5.41, 5.74) is 5.91. The zero-order valence-electron chi connectivity index (χ0n) is 8.71. The quantitative estimate of drug-likeness (QED) is 0.910. The summed E-state index contributed by atoms with van der Waals surface area (Å²) in [7, 11) is 1.76. The molecule has 2 heterocycles. The number of hydrogen-bond acceptors (Lipinski definition) is 5. The van der Waals surface area contributed by atoms with Gasteiger partial charge in [-0.1, -0.05) is 6.07 Å². The number of thiophene rings is 1. The average molecular weight is 253 g/mol. The number of amides is 1. The second kappa shape index (κ2) is 4.63. The van der Waals surface area contributed by atoms with Crippen molar-refractivity contribution < 1.29 is 4.79 Å². The highest BCUT2D eigenvalue weighted by atomic mass is 32.1. The van der Waals surface area contributed by atoms with Crippen LogP contribution in [0.2, 0.25) is 0 Å². The Morgan fingerprint density at radius 2 is 2.38 bits per heavy atom. The third-order valence-electron chi connectivity index (χ3n) is 2.06. The van der Waals surface area contributed by atoms with Gasteiger partial charge in [-0.15, -0.1) is 22.7 Å². The van der Waals surface area contributed by atoms with E-state index in [2.05, 4.69) is 4.98 Å². The lowest BCUT2D eigenvalue weighted by Crippen LogP contribution is -2.26. The molecule has 0 unspecified atom stereocenters. The summed E-state index contributed by atoms with van der Waals surface area (Å²) in [6.07, 6.45) is 0. The highest BCUT2D eigenvalue weighted by Gasteiger charge is 2.15. The van der Waals surface area contributed by atoms with E-state index in [4.69, 9.17) is 5.73 Å². The van der Waals surface area contributed by atoms with Crippen molar-refractivity contribution in [3.8, 4) is 0 Å². The first-order chi connectivity index (χ1) is 7.66. The molecule has 84 valence electrons. The maximum atomic E-state index is 11.9. The van der Waals surface area contributed by atoms with Gasteiger partial charge in [0.05, 0.1) is 6.54 Å². The van der Waals surface area contributed by atoms with Gasteiger partial charge in [-0.25, -0.2) is 4.98 Å². The fourth-order valence-corrected chi connectivity index (χ4v) is 2.58. The molecule has 1 amide bonds. The van der Waals surface area contributed by atoms with Gasteiger partial charge in [-0.05, 0) is 11.4 Å². The largest absolute Gasteiger partial charge is 0.375 e. The number of rotatable bonds is 3. The fraction of sp³-hybridized carbons (Fsp3) is 0.200. The minimum absolute atomic E-state index is 0.0960. The molecule has 0 radical (unpaired) electrons. The zero-order chi connectivity index (χ0) is 11.5. The normalized spacial score (nSPS) is 10.3. The summed E-state index contributed by atoms with van der Waals surface area (Å²) in [5, 5.41) is 4.10. The fourth-order valence-electron chi connectivity index (χ4n) is 1.29. The number of carbonyl (C=O) groups excluding carboxylic acids is 1. The van der Waals surface area contributed by atoms with Crippen LogP contribution in [-0.2, 0) is 6.54 Å². The molecule has 6 heteroatoms. The summed E-state index contributed by atoms with van der Waals surface area (Å²) in [6, 6.07) is 3.98. The van der Waals surface area contributed by atoms with E-state index in [1.165, 1.54) is 11.3 Å². The molecule has 0 aromatic carbocycles. The predicted molar refractivity (Wildman–Crippen MR) is 66.6 cm³/mol. The molecule has 2 N–H and O–H groups in total. The Bertz CT molecular complexity index is 478. The van der Waals surface area contributed by atoms with Crippen LogP contribution < -0.4 is 5.73 Å². The van der Waals surface area contributed by atoms with Crippen LogP contribution in [0.4, 0.5) is 5.13 Å². The van der Waals surface area contributed by atoms with E-state index in [0.29, 0.717) is 17.4 Å². The molecule has 0 aliphatic rings. The first-order valence-corrected chi connectivity index (χ1v) is 6.41. The lowest BCUT2D eigenvalue weighted by molar-refractivity contribution is 0.0781. The molecule has 0 aliphatic carbocycles. The molecule has 2 aromatic heterocycles. The minimum atomic E-state index is -0.0960. The number of aromatic nitrogens is 1. The van der Waals surface area contributed by atoms with Crippen molar-refractivity contribution in [2.24, 2.45) is 0 Å². The van der Waals surface area contributed by atoms with Crippen molar-refractivity contribution in [3.05, 3.63) is 33.5 Å². The summed E-state index contributed by atoms with van der Waals surface area (Å²) < 4.78 is 0. The van der Waals surface area contributed by atoms with Gasteiger partial charge in [-0.3, -0.25) is 4.79 Å². The van der Waals surface area contributed by atoms with E-state index in [-0.39, 0.29) is 5.91 Å². The summed E-state index contributed by atoms with van der Waals surface area (Å²) in [5.74, 6) is -0.0960. The SMILES string of the molecule is CN(Cc1cccs1)C(=O)c1csc(N)n1. The van der Waals surface area contributed by atoms with Crippen LogP contribution in [0.25, 0.3) is 0 Å². The van der Waals surface area contributed by atoms with E-state index in [9.17, 15) is 4.79 Å². The number of nitrogens with zero attached hydrogens (tertiary/aromatic N) is 2. The molecule has 0 saturated carbocycles. The van der Waals surface area contributed by atoms with Crippen LogP contribution in [0.3, 0.4) is 0 Å². The Kier molecular flexibility index (Phi) is 3.21. The number of thiazole rings is 1. The number of nitrogen functional groups attached to an aromatic ring is 1. The first kappa shape index (κ1) is 11.1. The van der Waals surface area contributed by atoms with E-state index in [1.54, 1.807) is 28.7 Å². The molecule has 2 rings (SSSR count). The van der Waals surface area contributed by atoms with Crippen molar-refractivity contribution in [1.82, 2.24) is 9.88 Å². The standard InChI is InChI=1S/C10H11N3OS2/c1-13(5-7-3-2-4-15-7)9(14)8-6-16-10(11)12-8/h2-4,6H,5H2,1H3,(H2,11,12). The van der Waals surface area contributed by atoms with E-state index < -0.39 is 0 Å². The Morgan fingerprint density at radius 1 is 1.56 bits per heavy atom. The van der Waals surface area contributed by atoms with Crippen molar-refractivity contribution in [2.45, 2.75) is 6.54 Å². The molecule has 2 aromatic rings. The molecule has 0 atom stereocenters. The maximum Gasteiger partial charge on any atom is 0.273 e. The van der Waals surface area contributed by atoms with E-state index in [1.807, 2.05) is 17.5 Å². The first-order valence-electron chi connectivity index (χ1n) is 4.65. The Hall–Kier alpha value is -1.40. The monoisotopic (exact) mass is 253 g/mol. The van der Waals surface area contributed by atoms with Gasteiger partial charge in [0.2, 0.25) is 0 Å². The number of anilines is 1. The Labute approximate surface area is 101 Å². The molecule has 0 spiro atoms. The highest BCUT2D eigenvalue weighted by Crippen LogP contribution is 2.15. The highest BCUT2D eigenvalue weighted by molar-refractivity contribution is 7.13. The molecule has 16 heavy (non-hydrogen) atoms. The average Bonchev–Trinajstić information content (AvgIpc) is 2.88. The molecule has 0 saturated heterocycles. The van der Waals surface area contributed by atoms with Crippen LogP contribution in [0, 0.1) is 0 Å². The van der Waals surface area contributed by atoms with Crippen LogP contribution in [0.15, 0.2) is 22.9 Å². The van der Waals surface area contributed by atoms with Gasteiger partial charge < -0.3 is 10.6 Å². The molecule has 0 aliphatic heterocycles. The molecular formula is C10H11N3OS2. The van der Waals surface area contributed by atoms with Gasteiger partial charge in [0, 0.05) is 17.3 Å². The summed E-state index contributed by atoms with van der Waals surface area (Å²) in [6.45, 7) is 0.605. The lowest BCUT2D eigenvalue weighted by atomic mass is 10.4. The van der Waals surface area contributed by atoms with Crippen molar-refractivity contribution in [3.63, 3.8) is 0 Å². The number of nitrogens with two attached hydrogens (primary N) is 1. The van der Waals surface area contributed by atoms with E-state index >= 15 is 0 Å². The van der Waals surface area contributed by atoms with Gasteiger partial charge in [0.25, 0.3) is 5.91 Å². The molecule has 0 fully saturated rings. The topological polar surface area (TPSA) is 59.2 Å². The zero-order valence-corrected chi connectivity index (χ0v) is 10.3. The second-order valence-corrected chi connectivity index (χ2v) is 5.23. The third-order valence-corrected chi connectivity index (χ3v) is 3.60. The molecular weight excluding hydrogens is 242 g/mol. The van der Waals surface area contributed by atoms with Crippen LogP contribution in [0.1, 0.15) is 15.4 Å². The smallest absolute Gasteiger partial charge is 0.273 e. The second-order valence-electron chi connectivity index (χ2n) is 3.31. The van der Waals surface area contributed by atoms with Gasteiger partial charge >= 0.3 is 0 Å².